The van der Waals surface area contributed by atoms with Crippen molar-refractivity contribution in [3.8, 4) is 0 Å². The van der Waals surface area contributed by atoms with Crippen molar-refractivity contribution in [1.29, 1.82) is 0 Å². The SMILES string of the molecule is CC1CC1.Cn1ccnc1.I. The largest absolute Gasteiger partial charge is 0.341 e. The van der Waals surface area contributed by atoms with Gasteiger partial charge < -0.3 is 4.57 Å². The van der Waals surface area contributed by atoms with E-state index in [1.54, 1.807) is 12.5 Å². The van der Waals surface area contributed by atoms with Crippen molar-refractivity contribution in [2.24, 2.45) is 13.0 Å². The second-order valence-corrected chi connectivity index (χ2v) is 2.91. The van der Waals surface area contributed by atoms with Crippen LogP contribution in [0.25, 0.3) is 0 Å². The molecule has 1 heterocycles. The maximum Gasteiger partial charge on any atom is 0.0943 e. The zero-order valence-corrected chi connectivity index (χ0v) is 9.36. The van der Waals surface area contributed by atoms with E-state index in [-0.39, 0.29) is 24.0 Å². The molecule has 0 N–H and O–H groups in total. The first-order chi connectivity index (χ1) is 4.79. The van der Waals surface area contributed by atoms with Gasteiger partial charge in [-0.25, -0.2) is 4.98 Å². The minimum Gasteiger partial charge on any atom is -0.341 e. The van der Waals surface area contributed by atoms with Gasteiger partial charge in [-0.05, 0) is 5.92 Å². The Morgan fingerprint density at radius 1 is 1.45 bits per heavy atom. The van der Waals surface area contributed by atoms with Crippen molar-refractivity contribution in [2.45, 2.75) is 19.8 Å². The van der Waals surface area contributed by atoms with E-state index in [2.05, 4.69) is 11.9 Å². The molecule has 0 amide bonds. The van der Waals surface area contributed by atoms with Crippen molar-refractivity contribution in [2.75, 3.05) is 0 Å². The van der Waals surface area contributed by atoms with Crippen LogP contribution in [0.5, 0.6) is 0 Å². The fourth-order valence-corrected chi connectivity index (χ4v) is 0.492. The van der Waals surface area contributed by atoms with E-state index < -0.39 is 0 Å². The molecule has 1 aliphatic rings. The molecule has 1 fully saturated rings. The van der Waals surface area contributed by atoms with Crippen LogP contribution in [0, 0.1) is 5.92 Å². The molecule has 11 heavy (non-hydrogen) atoms. The highest BCUT2D eigenvalue weighted by Crippen LogP contribution is 2.26. The molecule has 0 unspecified atom stereocenters. The van der Waals surface area contributed by atoms with Crippen molar-refractivity contribution < 1.29 is 0 Å². The molecule has 1 aromatic heterocycles. The lowest BCUT2D eigenvalue weighted by molar-refractivity contribution is 0.913. The molecule has 2 nitrogen and oxygen atoms in total. The van der Waals surface area contributed by atoms with Crippen LogP contribution in [0.1, 0.15) is 19.8 Å². The Hall–Kier alpha value is -0.0600. The van der Waals surface area contributed by atoms with Gasteiger partial charge in [-0.3, -0.25) is 0 Å². The zero-order valence-electron chi connectivity index (χ0n) is 7.03. The summed E-state index contributed by atoms with van der Waals surface area (Å²) in [7, 11) is 1.94. The minimum absolute atomic E-state index is 0. The fraction of sp³-hybridized carbons (Fsp3) is 0.625. The van der Waals surface area contributed by atoms with Crippen molar-refractivity contribution in [1.82, 2.24) is 9.55 Å². The van der Waals surface area contributed by atoms with Crippen molar-refractivity contribution in [3.63, 3.8) is 0 Å². The average molecular weight is 266 g/mol. The number of hydrogen-bond donors (Lipinski definition) is 0. The summed E-state index contributed by atoms with van der Waals surface area (Å²) in [6, 6.07) is 0. The minimum atomic E-state index is 0. The molecule has 0 radical (unpaired) electrons. The maximum atomic E-state index is 3.78. The van der Waals surface area contributed by atoms with Crippen LogP contribution < -0.4 is 0 Å². The van der Waals surface area contributed by atoms with Gasteiger partial charge in [-0.15, -0.1) is 24.0 Å². The van der Waals surface area contributed by atoms with Crippen molar-refractivity contribution in [3.05, 3.63) is 18.7 Å². The summed E-state index contributed by atoms with van der Waals surface area (Å²) >= 11 is 0. The van der Waals surface area contributed by atoms with Crippen LogP contribution in [0.4, 0.5) is 0 Å². The van der Waals surface area contributed by atoms with E-state index in [1.165, 1.54) is 12.8 Å². The molecule has 1 aliphatic carbocycles. The monoisotopic (exact) mass is 266 g/mol. The van der Waals surface area contributed by atoms with Gasteiger partial charge in [0.1, 0.15) is 0 Å². The molecule has 2 rings (SSSR count). The highest BCUT2D eigenvalue weighted by molar-refractivity contribution is 14.0. The molecule has 0 aromatic carbocycles. The Labute approximate surface area is 85.0 Å². The van der Waals surface area contributed by atoms with Crippen LogP contribution in [0.15, 0.2) is 18.7 Å². The maximum absolute atomic E-state index is 3.78. The number of aromatic nitrogens is 2. The summed E-state index contributed by atoms with van der Waals surface area (Å²) in [6.45, 7) is 2.28. The van der Waals surface area contributed by atoms with Gasteiger partial charge in [0.05, 0.1) is 6.33 Å². The molecule has 1 aromatic rings. The van der Waals surface area contributed by atoms with E-state index in [1.807, 2.05) is 17.8 Å². The molecular weight excluding hydrogens is 251 g/mol. The standard InChI is InChI=1S/C4H6N2.C4H8.HI/c1-6-3-2-5-4-6;1-4-2-3-4;/h2-4H,1H3;4H,2-3H2,1H3;1H. The smallest absolute Gasteiger partial charge is 0.0943 e. The van der Waals surface area contributed by atoms with Crippen LogP contribution >= 0.6 is 24.0 Å². The first-order valence-corrected chi connectivity index (χ1v) is 3.71. The highest BCUT2D eigenvalue weighted by Gasteiger charge is 2.12. The summed E-state index contributed by atoms with van der Waals surface area (Å²) < 4.78 is 1.89. The summed E-state index contributed by atoms with van der Waals surface area (Å²) in [5, 5.41) is 0. The summed E-state index contributed by atoms with van der Waals surface area (Å²) in [5.74, 6) is 1.08. The molecule has 0 spiro atoms. The number of rotatable bonds is 0. The lowest BCUT2D eigenvalue weighted by Gasteiger charge is -1.76. The Balaban J connectivity index is 0.000000177. The predicted octanol–water partition coefficient (Wildman–Crippen LogP) is 2.45. The summed E-state index contributed by atoms with van der Waals surface area (Å²) in [5.41, 5.74) is 0. The number of imidazole rings is 1. The quantitative estimate of drug-likeness (QED) is 0.659. The van der Waals surface area contributed by atoms with Crippen LogP contribution in [-0.2, 0) is 7.05 Å². The second-order valence-electron chi connectivity index (χ2n) is 2.91. The first kappa shape index (κ1) is 10.9. The Kier molecular flexibility index (Phi) is 5.54. The topological polar surface area (TPSA) is 17.8 Å². The number of halogens is 1. The van der Waals surface area contributed by atoms with Crippen LogP contribution in [0.2, 0.25) is 0 Å². The molecule has 1 saturated carbocycles. The third-order valence-corrected chi connectivity index (χ3v) is 1.50. The Bertz CT molecular complexity index is 168. The van der Waals surface area contributed by atoms with Crippen LogP contribution in [-0.4, -0.2) is 9.55 Å². The van der Waals surface area contributed by atoms with E-state index in [4.69, 9.17) is 0 Å². The second kappa shape index (κ2) is 5.57. The first-order valence-electron chi connectivity index (χ1n) is 3.71. The van der Waals surface area contributed by atoms with Gasteiger partial charge in [-0.1, -0.05) is 19.8 Å². The van der Waals surface area contributed by atoms with Gasteiger partial charge in [-0.2, -0.15) is 0 Å². The Morgan fingerprint density at radius 3 is 2.09 bits per heavy atom. The van der Waals surface area contributed by atoms with E-state index in [9.17, 15) is 0 Å². The van der Waals surface area contributed by atoms with Crippen LogP contribution in [0.3, 0.4) is 0 Å². The fourth-order valence-electron chi connectivity index (χ4n) is 0.492. The van der Waals surface area contributed by atoms with Gasteiger partial charge in [0.15, 0.2) is 0 Å². The third kappa shape index (κ3) is 6.34. The predicted molar refractivity (Wildman–Crippen MR) is 57.0 cm³/mol. The van der Waals surface area contributed by atoms with Gasteiger partial charge in [0.25, 0.3) is 0 Å². The van der Waals surface area contributed by atoms with Gasteiger partial charge >= 0.3 is 0 Å². The van der Waals surface area contributed by atoms with E-state index in [0.29, 0.717) is 0 Å². The zero-order chi connectivity index (χ0) is 7.40. The third-order valence-electron chi connectivity index (χ3n) is 1.50. The van der Waals surface area contributed by atoms with E-state index >= 15 is 0 Å². The normalized spacial score (nSPS) is 14.4. The van der Waals surface area contributed by atoms with Gasteiger partial charge in [0, 0.05) is 19.4 Å². The molecule has 0 aliphatic heterocycles. The lowest BCUT2D eigenvalue weighted by Crippen LogP contribution is -1.76. The average Bonchev–Trinajstić information content (AvgIpc) is 2.50. The Morgan fingerprint density at radius 2 is 2.00 bits per heavy atom. The molecule has 64 valence electrons. The number of nitrogens with zero attached hydrogens (tertiary/aromatic N) is 2. The van der Waals surface area contributed by atoms with E-state index in [0.717, 1.165) is 5.92 Å². The lowest BCUT2D eigenvalue weighted by atomic mass is 10.5. The molecule has 0 bridgehead atoms. The van der Waals surface area contributed by atoms with Gasteiger partial charge in [0.2, 0.25) is 0 Å². The molecule has 0 atom stereocenters. The molecule has 0 saturated heterocycles. The highest BCUT2D eigenvalue weighted by atomic mass is 127. The van der Waals surface area contributed by atoms with Crippen molar-refractivity contribution >= 4 is 24.0 Å². The molecule has 3 heteroatoms. The number of aryl methyl sites for hydroxylation is 1. The number of hydrogen-bond acceptors (Lipinski definition) is 1. The summed E-state index contributed by atoms with van der Waals surface area (Å²) in [4.78, 5) is 3.78. The summed E-state index contributed by atoms with van der Waals surface area (Å²) in [6.07, 6.45) is 8.36. The molecular formula is C8H15IN2.